The van der Waals surface area contributed by atoms with E-state index in [9.17, 15) is 14.4 Å². The highest BCUT2D eigenvalue weighted by Crippen LogP contribution is 2.27. The first-order valence-electron chi connectivity index (χ1n) is 10.1. The number of nitrogens with zero attached hydrogens (tertiary/aromatic N) is 2. The first-order chi connectivity index (χ1) is 13.9. The number of aryl methyl sites for hydroxylation is 2. The zero-order valence-corrected chi connectivity index (χ0v) is 16.8. The van der Waals surface area contributed by atoms with Gasteiger partial charge in [-0.15, -0.1) is 0 Å². The Morgan fingerprint density at radius 1 is 0.966 bits per heavy atom. The van der Waals surface area contributed by atoms with Crippen LogP contribution in [0, 0.1) is 13.8 Å². The lowest BCUT2D eigenvalue weighted by atomic mass is 10.1. The molecule has 29 heavy (non-hydrogen) atoms. The number of fused-ring (bicyclic) bond motifs is 1. The monoisotopic (exact) mass is 391 g/mol. The van der Waals surface area contributed by atoms with Gasteiger partial charge in [-0.2, -0.15) is 0 Å². The maximum Gasteiger partial charge on any atom is 0.261 e. The fraction of sp³-hybridized carbons (Fsp3) is 0.348. The van der Waals surface area contributed by atoms with Crippen LogP contribution in [0.3, 0.4) is 0 Å². The van der Waals surface area contributed by atoms with Crippen molar-refractivity contribution in [2.24, 2.45) is 0 Å². The molecule has 4 rings (SSSR count). The maximum absolute atomic E-state index is 12.5. The van der Waals surface area contributed by atoms with Crippen LogP contribution in [0.1, 0.15) is 51.1 Å². The standard InChI is InChI=1S/C23H25N3O3/c1-15-5-7-18-19(13-15)23(29)26(22(18)28)12-9-21(27)24-17-6-8-20(16(2)14-17)25-10-3-4-11-25/h5-8,13-14H,3-4,9-12H2,1-2H3,(H,24,27). The molecule has 0 atom stereocenters. The highest BCUT2D eigenvalue weighted by atomic mass is 16.2. The molecule has 0 saturated carbocycles. The van der Waals surface area contributed by atoms with Crippen LogP contribution in [-0.4, -0.2) is 42.3 Å². The summed E-state index contributed by atoms with van der Waals surface area (Å²) in [6.07, 6.45) is 2.50. The SMILES string of the molecule is Cc1ccc2c(c1)C(=O)N(CCC(=O)Nc1ccc(N3CCCC3)c(C)c1)C2=O. The van der Waals surface area contributed by atoms with E-state index in [0.717, 1.165) is 34.8 Å². The van der Waals surface area contributed by atoms with Gasteiger partial charge in [0.25, 0.3) is 11.8 Å². The van der Waals surface area contributed by atoms with E-state index < -0.39 is 0 Å². The van der Waals surface area contributed by atoms with Crippen LogP contribution in [0.15, 0.2) is 36.4 Å². The Bertz CT molecular complexity index is 993. The van der Waals surface area contributed by atoms with Crippen molar-refractivity contribution in [1.82, 2.24) is 4.90 Å². The normalized spacial score (nSPS) is 15.8. The van der Waals surface area contributed by atoms with Gasteiger partial charge < -0.3 is 10.2 Å². The number of anilines is 2. The molecule has 0 unspecified atom stereocenters. The minimum atomic E-state index is -0.330. The van der Waals surface area contributed by atoms with E-state index in [2.05, 4.69) is 10.2 Å². The summed E-state index contributed by atoms with van der Waals surface area (Å²) in [6.45, 7) is 6.15. The van der Waals surface area contributed by atoms with Crippen LogP contribution in [0.25, 0.3) is 0 Å². The lowest BCUT2D eigenvalue weighted by molar-refractivity contribution is -0.116. The second-order valence-electron chi connectivity index (χ2n) is 7.80. The number of imide groups is 1. The van der Waals surface area contributed by atoms with Gasteiger partial charge in [0.2, 0.25) is 5.91 Å². The molecule has 2 aliphatic heterocycles. The van der Waals surface area contributed by atoms with E-state index in [1.165, 1.54) is 18.5 Å². The van der Waals surface area contributed by atoms with Gasteiger partial charge >= 0.3 is 0 Å². The first-order valence-corrected chi connectivity index (χ1v) is 10.1. The topological polar surface area (TPSA) is 69.7 Å². The van der Waals surface area contributed by atoms with Crippen molar-refractivity contribution in [3.63, 3.8) is 0 Å². The molecular formula is C23H25N3O3. The number of nitrogens with one attached hydrogen (secondary N) is 1. The van der Waals surface area contributed by atoms with E-state index in [1.54, 1.807) is 12.1 Å². The number of hydrogen-bond acceptors (Lipinski definition) is 4. The Kier molecular flexibility index (Phi) is 5.09. The molecule has 0 aliphatic carbocycles. The Hall–Kier alpha value is -3.15. The molecule has 2 aromatic rings. The van der Waals surface area contributed by atoms with E-state index >= 15 is 0 Å². The van der Waals surface area contributed by atoms with Crippen LogP contribution in [0.4, 0.5) is 11.4 Å². The summed E-state index contributed by atoms with van der Waals surface area (Å²) in [7, 11) is 0. The summed E-state index contributed by atoms with van der Waals surface area (Å²) >= 11 is 0. The zero-order chi connectivity index (χ0) is 20.5. The lowest BCUT2D eigenvalue weighted by Crippen LogP contribution is -2.32. The van der Waals surface area contributed by atoms with Crippen LogP contribution in [0.2, 0.25) is 0 Å². The average Bonchev–Trinajstić information content (AvgIpc) is 3.29. The third-order valence-corrected chi connectivity index (χ3v) is 5.62. The summed E-state index contributed by atoms with van der Waals surface area (Å²) in [5.41, 5.74) is 4.82. The van der Waals surface area contributed by atoms with Crippen LogP contribution in [-0.2, 0) is 4.79 Å². The molecular weight excluding hydrogens is 366 g/mol. The Morgan fingerprint density at radius 2 is 1.69 bits per heavy atom. The van der Waals surface area contributed by atoms with Gasteiger partial charge in [-0.05, 0) is 62.6 Å². The molecule has 6 nitrogen and oxygen atoms in total. The van der Waals surface area contributed by atoms with E-state index in [0.29, 0.717) is 11.1 Å². The minimum Gasteiger partial charge on any atom is -0.371 e. The van der Waals surface area contributed by atoms with Crippen LogP contribution >= 0.6 is 0 Å². The summed E-state index contributed by atoms with van der Waals surface area (Å²) in [6, 6.07) is 11.1. The fourth-order valence-electron chi connectivity index (χ4n) is 4.09. The molecule has 1 saturated heterocycles. The highest BCUT2D eigenvalue weighted by molar-refractivity contribution is 6.21. The van der Waals surface area contributed by atoms with Crippen molar-refractivity contribution < 1.29 is 14.4 Å². The van der Waals surface area contributed by atoms with Crippen LogP contribution < -0.4 is 10.2 Å². The molecule has 2 aromatic carbocycles. The van der Waals surface area contributed by atoms with Gasteiger partial charge in [-0.25, -0.2) is 0 Å². The predicted molar refractivity (Wildman–Crippen MR) is 112 cm³/mol. The summed E-state index contributed by atoms with van der Waals surface area (Å²) in [5.74, 6) is -0.873. The Balaban J connectivity index is 1.36. The molecule has 3 amide bonds. The fourth-order valence-corrected chi connectivity index (χ4v) is 4.09. The molecule has 0 aromatic heterocycles. The molecule has 1 fully saturated rings. The van der Waals surface area contributed by atoms with Crippen molar-refractivity contribution in [3.8, 4) is 0 Å². The molecule has 0 bridgehead atoms. The first kappa shape index (κ1) is 19.2. The molecule has 2 aliphatic rings. The van der Waals surface area contributed by atoms with Crippen molar-refractivity contribution >= 4 is 29.1 Å². The number of rotatable bonds is 5. The molecule has 1 N–H and O–H groups in total. The van der Waals surface area contributed by atoms with Gasteiger partial charge in [0.05, 0.1) is 11.1 Å². The average molecular weight is 391 g/mol. The number of benzene rings is 2. The quantitative estimate of drug-likeness (QED) is 0.792. The largest absolute Gasteiger partial charge is 0.371 e. The predicted octanol–water partition coefficient (Wildman–Crippen LogP) is 3.53. The lowest BCUT2D eigenvalue weighted by Gasteiger charge is -2.21. The Morgan fingerprint density at radius 3 is 2.41 bits per heavy atom. The third-order valence-electron chi connectivity index (χ3n) is 5.62. The van der Waals surface area contributed by atoms with E-state index in [4.69, 9.17) is 0 Å². The van der Waals surface area contributed by atoms with Crippen molar-refractivity contribution in [3.05, 3.63) is 58.7 Å². The summed E-state index contributed by atoms with van der Waals surface area (Å²) in [4.78, 5) is 40.9. The van der Waals surface area contributed by atoms with Gasteiger partial charge in [-0.3, -0.25) is 19.3 Å². The number of carbonyl (C=O) groups is 3. The Labute approximate surface area is 170 Å². The smallest absolute Gasteiger partial charge is 0.261 e. The van der Waals surface area contributed by atoms with Gasteiger partial charge in [0, 0.05) is 37.4 Å². The van der Waals surface area contributed by atoms with Crippen molar-refractivity contribution in [2.75, 3.05) is 29.9 Å². The van der Waals surface area contributed by atoms with Gasteiger partial charge in [0.1, 0.15) is 0 Å². The molecule has 2 heterocycles. The number of hydrogen-bond donors (Lipinski definition) is 1. The van der Waals surface area contributed by atoms with E-state index in [1.807, 2.05) is 38.1 Å². The molecule has 150 valence electrons. The molecule has 0 spiro atoms. The minimum absolute atomic E-state index is 0.0668. The molecule has 6 heteroatoms. The number of carbonyl (C=O) groups excluding carboxylic acids is 3. The second kappa shape index (κ2) is 7.70. The highest BCUT2D eigenvalue weighted by Gasteiger charge is 2.35. The molecule has 0 radical (unpaired) electrons. The zero-order valence-electron chi connectivity index (χ0n) is 16.8. The van der Waals surface area contributed by atoms with Crippen molar-refractivity contribution in [1.29, 1.82) is 0 Å². The summed E-state index contributed by atoms with van der Waals surface area (Å²) in [5, 5.41) is 2.88. The maximum atomic E-state index is 12.5. The summed E-state index contributed by atoms with van der Waals surface area (Å²) < 4.78 is 0. The van der Waals surface area contributed by atoms with E-state index in [-0.39, 0.29) is 30.7 Å². The second-order valence-corrected chi connectivity index (χ2v) is 7.80. The third kappa shape index (κ3) is 3.75. The number of amides is 3. The van der Waals surface area contributed by atoms with Crippen LogP contribution in [0.5, 0.6) is 0 Å². The van der Waals surface area contributed by atoms with Gasteiger partial charge in [0.15, 0.2) is 0 Å². The van der Waals surface area contributed by atoms with Crippen molar-refractivity contribution in [2.45, 2.75) is 33.1 Å². The van der Waals surface area contributed by atoms with Gasteiger partial charge in [-0.1, -0.05) is 11.6 Å².